The predicted molar refractivity (Wildman–Crippen MR) is 88.8 cm³/mol. The van der Waals surface area contributed by atoms with Crippen molar-refractivity contribution in [3.8, 4) is 0 Å². The number of aryl methyl sites for hydroxylation is 3. The highest BCUT2D eigenvalue weighted by Gasteiger charge is 2.35. The van der Waals surface area contributed by atoms with Crippen LogP contribution in [0.3, 0.4) is 0 Å². The average molecular weight is 330 g/mol. The number of carbonyl (C=O) groups excluding carboxylic acids is 2. The van der Waals surface area contributed by atoms with Gasteiger partial charge in [0, 0.05) is 12.2 Å². The molecular formula is C16H18N4O2S. The van der Waals surface area contributed by atoms with Crippen LogP contribution in [0.4, 0.5) is 5.69 Å². The molecule has 23 heavy (non-hydrogen) atoms. The summed E-state index contributed by atoms with van der Waals surface area (Å²) in [5, 5.41) is 6.42. The van der Waals surface area contributed by atoms with Gasteiger partial charge >= 0.3 is 0 Å². The predicted octanol–water partition coefficient (Wildman–Crippen LogP) is 2.00. The van der Waals surface area contributed by atoms with E-state index in [4.69, 9.17) is 0 Å². The lowest BCUT2D eigenvalue weighted by molar-refractivity contribution is -0.118. The molecule has 2 amide bonds. The Labute approximate surface area is 138 Å². The smallest absolute Gasteiger partial charge is 0.265 e. The van der Waals surface area contributed by atoms with E-state index >= 15 is 0 Å². The van der Waals surface area contributed by atoms with Crippen LogP contribution in [0.5, 0.6) is 0 Å². The monoisotopic (exact) mass is 330 g/mol. The quantitative estimate of drug-likeness (QED) is 0.934. The zero-order valence-corrected chi connectivity index (χ0v) is 14.1. The summed E-state index contributed by atoms with van der Waals surface area (Å²) in [5.74, 6) is -0.358. The molecule has 7 heteroatoms. The molecule has 1 fully saturated rings. The molecule has 1 saturated heterocycles. The van der Waals surface area contributed by atoms with E-state index < -0.39 is 6.04 Å². The van der Waals surface area contributed by atoms with Gasteiger partial charge in [0.05, 0.1) is 6.20 Å². The summed E-state index contributed by atoms with van der Waals surface area (Å²) in [6.45, 7) is 6.67. The highest BCUT2D eigenvalue weighted by Crippen LogP contribution is 2.30. The number of rotatable bonds is 3. The van der Waals surface area contributed by atoms with Gasteiger partial charge < -0.3 is 10.2 Å². The molecular weight excluding hydrogens is 312 g/mol. The third kappa shape index (κ3) is 2.96. The lowest BCUT2D eigenvalue weighted by Gasteiger charge is -2.22. The van der Waals surface area contributed by atoms with E-state index in [1.165, 1.54) is 11.8 Å². The molecule has 1 aliphatic heterocycles. The van der Waals surface area contributed by atoms with E-state index in [2.05, 4.69) is 27.0 Å². The lowest BCUT2D eigenvalue weighted by atomic mass is 10.0. The first kappa shape index (κ1) is 15.6. The molecule has 1 atom stereocenters. The van der Waals surface area contributed by atoms with Crippen molar-refractivity contribution in [3.63, 3.8) is 0 Å². The SMILES string of the molecule is Cc1cc(C)c(N2CC[C@@H](NC(=O)c3cnns3)C2=O)c(C)c1. The third-order valence-corrected chi connectivity index (χ3v) is 4.66. The highest BCUT2D eigenvalue weighted by molar-refractivity contribution is 7.07. The zero-order chi connectivity index (χ0) is 16.6. The van der Waals surface area contributed by atoms with Crippen molar-refractivity contribution in [2.24, 2.45) is 0 Å². The van der Waals surface area contributed by atoms with Crippen LogP contribution >= 0.6 is 11.5 Å². The summed E-state index contributed by atoms with van der Waals surface area (Å²) in [4.78, 5) is 27.0. The number of nitrogens with one attached hydrogen (secondary N) is 1. The maximum atomic E-state index is 12.7. The van der Waals surface area contributed by atoms with Crippen LogP contribution in [-0.4, -0.2) is 34.0 Å². The second kappa shape index (κ2) is 6.08. The van der Waals surface area contributed by atoms with E-state index in [0.29, 0.717) is 17.8 Å². The normalized spacial score (nSPS) is 17.6. The van der Waals surface area contributed by atoms with E-state index in [0.717, 1.165) is 28.3 Å². The number of hydrogen-bond acceptors (Lipinski definition) is 5. The highest BCUT2D eigenvalue weighted by atomic mass is 32.1. The van der Waals surface area contributed by atoms with Gasteiger partial charge in [0.15, 0.2) is 0 Å². The minimum absolute atomic E-state index is 0.0640. The number of aromatic nitrogens is 2. The zero-order valence-electron chi connectivity index (χ0n) is 13.3. The molecule has 0 unspecified atom stereocenters. The lowest BCUT2D eigenvalue weighted by Crippen LogP contribution is -2.41. The second-order valence-corrected chi connectivity index (χ2v) is 6.62. The van der Waals surface area contributed by atoms with Crippen LogP contribution in [0.2, 0.25) is 0 Å². The van der Waals surface area contributed by atoms with E-state index in [1.807, 2.05) is 20.8 Å². The van der Waals surface area contributed by atoms with Crippen molar-refractivity contribution >= 4 is 29.0 Å². The molecule has 120 valence electrons. The first-order valence-corrected chi connectivity index (χ1v) is 8.22. The molecule has 1 N–H and O–H groups in total. The number of benzene rings is 1. The van der Waals surface area contributed by atoms with E-state index in [-0.39, 0.29) is 11.8 Å². The van der Waals surface area contributed by atoms with Gasteiger partial charge in [0.1, 0.15) is 10.9 Å². The van der Waals surface area contributed by atoms with Crippen LogP contribution < -0.4 is 10.2 Å². The van der Waals surface area contributed by atoms with Gasteiger partial charge in [-0.1, -0.05) is 22.2 Å². The first-order valence-electron chi connectivity index (χ1n) is 7.45. The maximum Gasteiger partial charge on any atom is 0.265 e. The van der Waals surface area contributed by atoms with E-state index in [9.17, 15) is 9.59 Å². The van der Waals surface area contributed by atoms with Gasteiger partial charge in [-0.2, -0.15) is 0 Å². The summed E-state index contributed by atoms with van der Waals surface area (Å²) in [5.41, 5.74) is 4.29. The maximum absolute atomic E-state index is 12.7. The van der Waals surface area contributed by atoms with Crippen molar-refractivity contribution in [1.82, 2.24) is 14.9 Å². The van der Waals surface area contributed by atoms with Crippen LogP contribution in [0.25, 0.3) is 0 Å². The molecule has 0 bridgehead atoms. The van der Waals surface area contributed by atoms with Crippen molar-refractivity contribution in [1.29, 1.82) is 0 Å². The summed E-state index contributed by atoms with van der Waals surface area (Å²) in [6.07, 6.45) is 2.01. The number of anilines is 1. The molecule has 2 heterocycles. The number of hydrogen-bond donors (Lipinski definition) is 1. The molecule has 0 aliphatic carbocycles. The minimum Gasteiger partial charge on any atom is -0.339 e. The van der Waals surface area contributed by atoms with Crippen LogP contribution in [0.15, 0.2) is 18.3 Å². The molecule has 1 aromatic carbocycles. The van der Waals surface area contributed by atoms with E-state index in [1.54, 1.807) is 4.90 Å². The Morgan fingerprint density at radius 1 is 1.30 bits per heavy atom. The first-order chi connectivity index (χ1) is 11.0. The largest absolute Gasteiger partial charge is 0.339 e. The number of amides is 2. The molecule has 0 radical (unpaired) electrons. The Morgan fingerprint density at radius 3 is 2.61 bits per heavy atom. The fourth-order valence-corrected chi connectivity index (χ4v) is 3.55. The van der Waals surface area contributed by atoms with Gasteiger partial charge in [0.2, 0.25) is 5.91 Å². The standard InChI is InChI=1S/C16H18N4O2S/c1-9-6-10(2)14(11(3)7-9)20-5-4-12(16(20)22)18-15(21)13-8-17-19-23-13/h6-8,12H,4-5H2,1-3H3,(H,18,21)/t12-/m1/s1. The van der Waals surface area contributed by atoms with Gasteiger partial charge in [-0.3, -0.25) is 9.59 Å². The summed E-state index contributed by atoms with van der Waals surface area (Å²) in [7, 11) is 0. The average Bonchev–Trinajstić information content (AvgIpc) is 3.11. The summed E-state index contributed by atoms with van der Waals surface area (Å²) in [6, 6.07) is 3.65. The fraction of sp³-hybridized carbons (Fsp3) is 0.375. The van der Waals surface area contributed by atoms with Crippen LogP contribution in [0.1, 0.15) is 32.8 Å². The molecule has 2 aromatic rings. The molecule has 1 aromatic heterocycles. The Bertz CT molecular complexity index is 734. The Kier molecular flexibility index (Phi) is 4.12. The van der Waals surface area contributed by atoms with Crippen molar-refractivity contribution in [3.05, 3.63) is 39.9 Å². The van der Waals surface area contributed by atoms with Crippen LogP contribution in [-0.2, 0) is 4.79 Å². The molecule has 0 spiro atoms. The Balaban J connectivity index is 1.78. The second-order valence-electron chi connectivity index (χ2n) is 5.83. The Hall–Kier alpha value is -2.28. The molecule has 6 nitrogen and oxygen atoms in total. The minimum atomic E-state index is -0.496. The number of carbonyl (C=O) groups is 2. The van der Waals surface area contributed by atoms with Crippen LogP contribution in [0, 0.1) is 20.8 Å². The van der Waals surface area contributed by atoms with Gasteiger partial charge in [-0.05, 0) is 49.9 Å². The topological polar surface area (TPSA) is 75.2 Å². The van der Waals surface area contributed by atoms with Crippen molar-refractivity contribution in [2.45, 2.75) is 33.2 Å². The van der Waals surface area contributed by atoms with Gasteiger partial charge in [-0.25, -0.2) is 0 Å². The summed E-state index contributed by atoms with van der Waals surface area (Å²) < 4.78 is 3.67. The fourth-order valence-electron chi connectivity index (χ4n) is 3.13. The van der Waals surface area contributed by atoms with Crippen molar-refractivity contribution in [2.75, 3.05) is 11.4 Å². The third-order valence-electron chi connectivity index (χ3n) is 4.00. The molecule has 0 saturated carbocycles. The summed E-state index contributed by atoms with van der Waals surface area (Å²) >= 11 is 1.02. The van der Waals surface area contributed by atoms with Gasteiger partial charge in [0.25, 0.3) is 5.91 Å². The molecule has 3 rings (SSSR count). The molecule has 1 aliphatic rings. The number of nitrogens with zero attached hydrogens (tertiary/aromatic N) is 3. The van der Waals surface area contributed by atoms with Gasteiger partial charge in [-0.15, -0.1) is 5.10 Å². The Morgan fingerprint density at radius 2 is 2.00 bits per heavy atom. The van der Waals surface area contributed by atoms with Crippen molar-refractivity contribution < 1.29 is 9.59 Å².